The van der Waals surface area contributed by atoms with E-state index in [9.17, 15) is 9.59 Å². The van der Waals surface area contributed by atoms with Gasteiger partial charge in [0.25, 0.3) is 5.91 Å². The third-order valence-electron chi connectivity index (χ3n) is 6.47. The Morgan fingerprint density at radius 3 is 2.58 bits per heavy atom. The van der Waals surface area contributed by atoms with Gasteiger partial charge in [-0.3, -0.25) is 14.6 Å². The minimum Gasteiger partial charge on any atom is -0.365 e. The summed E-state index contributed by atoms with van der Waals surface area (Å²) in [4.78, 5) is 35.9. The van der Waals surface area contributed by atoms with E-state index < -0.39 is 0 Å². The molecule has 2 aliphatic heterocycles. The van der Waals surface area contributed by atoms with E-state index in [4.69, 9.17) is 4.74 Å². The summed E-state index contributed by atoms with van der Waals surface area (Å²) in [7, 11) is 0. The minimum absolute atomic E-state index is 0.0404. The number of amides is 2. The quantitative estimate of drug-likeness (QED) is 0.652. The second kappa shape index (κ2) is 9.54. The molecule has 0 aliphatic carbocycles. The van der Waals surface area contributed by atoms with Crippen LogP contribution in [0.3, 0.4) is 0 Å². The Kier molecular flexibility index (Phi) is 6.17. The average Bonchev–Trinajstić information content (AvgIpc) is 3.31. The Morgan fingerprint density at radius 1 is 1.06 bits per heavy atom. The van der Waals surface area contributed by atoms with Crippen molar-refractivity contribution in [3.05, 3.63) is 83.7 Å². The van der Waals surface area contributed by atoms with Crippen LogP contribution in [-0.4, -0.2) is 44.3 Å². The summed E-state index contributed by atoms with van der Waals surface area (Å²) in [6, 6.07) is 13.9. The van der Waals surface area contributed by atoms with E-state index in [1.807, 2.05) is 34.9 Å². The zero-order chi connectivity index (χ0) is 22.6. The molecule has 2 aromatic heterocycles. The van der Waals surface area contributed by atoms with Crippen LogP contribution in [0.25, 0.3) is 0 Å². The summed E-state index contributed by atoms with van der Waals surface area (Å²) in [5.74, 6) is -0.124. The molecule has 2 aliphatic rings. The van der Waals surface area contributed by atoms with Crippen molar-refractivity contribution >= 4 is 11.8 Å². The van der Waals surface area contributed by atoms with Crippen LogP contribution in [0.15, 0.2) is 61.2 Å². The second-order valence-corrected chi connectivity index (χ2v) is 8.54. The van der Waals surface area contributed by atoms with Gasteiger partial charge in [0.05, 0.1) is 25.2 Å². The highest BCUT2D eigenvalue weighted by molar-refractivity contribution is 5.93. The summed E-state index contributed by atoms with van der Waals surface area (Å²) in [5.41, 5.74) is 3.42. The number of nitrogens with one attached hydrogen (secondary N) is 1. The first-order chi connectivity index (χ1) is 16.2. The highest BCUT2D eigenvalue weighted by Gasteiger charge is 2.32. The van der Waals surface area contributed by atoms with Crippen molar-refractivity contribution in [2.45, 2.75) is 38.6 Å². The van der Waals surface area contributed by atoms with Gasteiger partial charge in [-0.15, -0.1) is 0 Å². The van der Waals surface area contributed by atoms with Gasteiger partial charge in [0.15, 0.2) is 5.69 Å². The highest BCUT2D eigenvalue weighted by atomic mass is 16.5. The van der Waals surface area contributed by atoms with E-state index in [-0.39, 0.29) is 23.8 Å². The SMILES string of the molecule is O=C(NCc1ccncc1)C1CCN(C(=O)c2ncn3c2CO[C@H](c2ccccc2)C3)CC1. The second-order valence-electron chi connectivity index (χ2n) is 8.54. The average molecular weight is 446 g/mol. The first kappa shape index (κ1) is 21.3. The number of carbonyl (C=O) groups excluding carboxylic acids is 2. The van der Waals surface area contributed by atoms with Gasteiger partial charge in [-0.25, -0.2) is 4.98 Å². The Balaban J connectivity index is 1.16. The maximum Gasteiger partial charge on any atom is 0.274 e. The molecule has 4 heterocycles. The number of ether oxygens (including phenoxy) is 1. The number of pyridine rings is 1. The summed E-state index contributed by atoms with van der Waals surface area (Å²) in [6.45, 7) is 2.58. The van der Waals surface area contributed by atoms with E-state index in [0.29, 0.717) is 51.3 Å². The number of likely N-dealkylation sites (tertiary alicyclic amines) is 1. The molecule has 1 atom stereocenters. The highest BCUT2D eigenvalue weighted by Crippen LogP contribution is 2.28. The van der Waals surface area contributed by atoms with Gasteiger partial charge in [-0.1, -0.05) is 30.3 Å². The third-order valence-corrected chi connectivity index (χ3v) is 6.47. The fourth-order valence-corrected chi connectivity index (χ4v) is 4.50. The Morgan fingerprint density at radius 2 is 1.82 bits per heavy atom. The van der Waals surface area contributed by atoms with Gasteiger partial charge in [0.1, 0.15) is 6.10 Å². The molecule has 5 rings (SSSR count). The number of nitrogens with zero attached hydrogens (tertiary/aromatic N) is 4. The molecule has 8 nitrogen and oxygen atoms in total. The molecule has 33 heavy (non-hydrogen) atoms. The summed E-state index contributed by atoms with van der Waals surface area (Å²) >= 11 is 0. The molecule has 1 aromatic carbocycles. The van der Waals surface area contributed by atoms with Crippen molar-refractivity contribution in [1.82, 2.24) is 24.8 Å². The van der Waals surface area contributed by atoms with E-state index in [2.05, 4.69) is 27.4 Å². The molecule has 170 valence electrons. The van der Waals surface area contributed by atoms with E-state index >= 15 is 0 Å². The molecule has 1 saturated heterocycles. The molecule has 1 N–H and O–H groups in total. The van der Waals surface area contributed by atoms with Crippen molar-refractivity contribution in [3.63, 3.8) is 0 Å². The number of benzene rings is 1. The number of rotatable bonds is 5. The zero-order valence-corrected chi connectivity index (χ0v) is 18.4. The number of piperidine rings is 1. The van der Waals surface area contributed by atoms with Gasteiger partial charge in [0, 0.05) is 37.9 Å². The smallest absolute Gasteiger partial charge is 0.274 e. The minimum atomic E-state index is -0.0823. The Labute approximate surface area is 192 Å². The van der Waals surface area contributed by atoms with Gasteiger partial charge in [-0.2, -0.15) is 0 Å². The Bertz CT molecular complexity index is 1110. The van der Waals surface area contributed by atoms with Crippen molar-refractivity contribution in [2.24, 2.45) is 5.92 Å². The number of hydrogen-bond acceptors (Lipinski definition) is 5. The standard InChI is InChI=1S/C25H27N5O3/c31-24(27-14-18-6-10-26-11-7-18)20-8-12-29(13-9-20)25(32)23-21-16-33-22(15-30(21)17-28-23)19-4-2-1-3-5-19/h1-7,10-11,17,20,22H,8-9,12-16H2,(H,27,31)/t22-/m0/s1. The number of fused-ring (bicyclic) bond motifs is 1. The maximum atomic E-state index is 13.2. The van der Waals surface area contributed by atoms with Crippen LogP contribution in [0.2, 0.25) is 0 Å². The summed E-state index contributed by atoms with van der Waals surface area (Å²) in [6.07, 6.45) is 6.42. The van der Waals surface area contributed by atoms with Crippen LogP contribution in [-0.2, 0) is 29.2 Å². The lowest BCUT2D eigenvalue weighted by Crippen LogP contribution is -2.43. The molecule has 3 aromatic rings. The predicted molar refractivity (Wildman–Crippen MR) is 121 cm³/mol. The number of imidazole rings is 1. The van der Waals surface area contributed by atoms with Crippen molar-refractivity contribution in [3.8, 4) is 0 Å². The van der Waals surface area contributed by atoms with Crippen LogP contribution in [0.4, 0.5) is 0 Å². The van der Waals surface area contributed by atoms with Crippen molar-refractivity contribution in [1.29, 1.82) is 0 Å². The van der Waals surface area contributed by atoms with Gasteiger partial charge in [-0.05, 0) is 36.1 Å². The van der Waals surface area contributed by atoms with Crippen LogP contribution >= 0.6 is 0 Å². The molecule has 0 radical (unpaired) electrons. The molecule has 2 amide bonds. The number of carbonyl (C=O) groups is 2. The van der Waals surface area contributed by atoms with Gasteiger partial charge in [0.2, 0.25) is 5.91 Å². The monoisotopic (exact) mass is 445 g/mol. The third kappa shape index (κ3) is 4.66. The van der Waals surface area contributed by atoms with E-state index in [1.54, 1.807) is 23.6 Å². The van der Waals surface area contributed by atoms with Crippen LogP contribution in [0.1, 0.15) is 46.3 Å². The normalized spacial score (nSPS) is 18.5. The molecule has 0 bridgehead atoms. The zero-order valence-electron chi connectivity index (χ0n) is 18.4. The number of aromatic nitrogens is 3. The lowest BCUT2D eigenvalue weighted by Gasteiger charge is -2.31. The van der Waals surface area contributed by atoms with Gasteiger partial charge < -0.3 is 19.5 Å². The molecule has 0 spiro atoms. The topological polar surface area (TPSA) is 89.4 Å². The van der Waals surface area contributed by atoms with Crippen LogP contribution in [0.5, 0.6) is 0 Å². The predicted octanol–water partition coefficient (Wildman–Crippen LogP) is 2.72. The van der Waals surface area contributed by atoms with Crippen LogP contribution in [0, 0.1) is 5.92 Å². The molecule has 0 saturated carbocycles. The lowest BCUT2D eigenvalue weighted by molar-refractivity contribution is -0.126. The van der Waals surface area contributed by atoms with Gasteiger partial charge >= 0.3 is 0 Å². The summed E-state index contributed by atoms with van der Waals surface area (Å²) in [5, 5.41) is 3.00. The van der Waals surface area contributed by atoms with E-state index in [0.717, 1.165) is 16.8 Å². The van der Waals surface area contributed by atoms with Crippen molar-refractivity contribution in [2.75, 3.05) is 13.1 Å². The molecule has 0 unspecified atom stereocenters. The summed E-state index contributed by atoms with van der Waals surface area (Å²) < 4.78 is 8.07. The van der Waals surface area contributed by atoms with Crippen molar-refractivity contribution < 1.29 is 14.3 Å². The molecular weight excluding hydrogens is 418 g/mol. The first-order valence-electron chi connectivity index (χ1n) is 11.4. The van der Waals surface area contributed by atoms with E-state index in [1.165, 1.54) is 0 Å². The Hall–Kier alpha value is -3.52. The molecule has 8 heteroatoms. The number of hydrogen-bond donors (Lipinski definition) is 1. The molecular formula is C25H27N5O3. The molecule has 1 fully saturated rings. The fraction of sp³-hybridized carbons (Fsp3) is 0.360. The van der Waals surface area contributed by atoms with Crippen LogP contribution < -0.4 is 5.32 Å². The lowest BCUT2D eigenvalue weighted by atomic mass is 9.95. The maximum absolute atomic E-state index is 13.2. The largest absolute Gasteiger partial charge is 0.365 e. The first-order valence-corrected chi connectivity index (χ1v) is 11.4. The fourth-order valence-electron chi connectivity index (χ4n) is 4.50.